The van der Waals surface area contributed by atoms with Gasteiger partial charge in [0.05, 0.1) is 18.2 Å². The van der Waals surface area contributed by atoms with E-state index in [9.17, 15) is 4.79 Å². The van der Waals surface area contributed by atoms with Gasteiger partial charge in [0.1, 0.15) is 5.75 Å². The monoisotopic (exact) mass is 292 g/mol. The number of nitrogens with one attached hydrogen (secondary N) is 1. The Labute approximate surface area is 128 Å². The summed E-state index contributed by atoms with van der Waals surface area (Å²) >= 11 is 0. The van der Waals surface area contributed by atoms with Crippen molar-refractivity contribution in [3.05, 3.63) is 29.8 Å². The average molecular weight is 292 g/mol. The molecule has 0 saturated heterocycles. The molecule has 0 fully saturated rings. The third-order valence-corrected chi connectivity index (χ3v) is 3.65. The molecule has 0 heterocycles. The van der Waals surface area contributed by atoms with Crippen LogP contribution in [-0.4, -0.2) is 18.1 Å². The summed E-state index contributed by atoms with van der Waals surface area (Å²) in [5.74, 6) is 0.884. The molecule has 21 heavy (non-hydrogen) atoms. The maximum atomic E-state index is 12.1. The van der Waals surface area contributed by atoms with Gasteiger partial charge in [0, 0.05) is 0 Å². The van der Waals surface area contributed by atoms with Crippen LogP contribution in [-0.2, 0) is 4.79 Å². The summed E-state index contributed by atoms with van der Waals surface area (Å²) in [7, 11) is 0. The van der Waals surface area contributed by atoms with Crippen LogP contribution in [0.4, 0.5) is 0 Å². The minimum absolute atomic E-state index is 0.0941. The zero-order valence-electron chi connectivity index (χ0n) is 13.7. The molecule has 0 aromatic heterocycles. The van der Waals surface area contributed by atoms with E-state index in [4.69, 9.17) is 10.5 Å². The molecule has 3 N–H and O–H groups in total. The summed E-state index contributed by atoms with van der Waals surface area (Å²) < 4.78 is 5.68. The largest absolute Gasteiger partial charge is 0.491 e. The molecule has 0 radical (unpaired) electrons. The topological polar surface area (TPSA) is 64.4 Å². The Balaban J connectivity index is 2.71. The van der Waals surface area contributed by atoms with Crippen LogP contribution in [0.3, 0.4) is 0 Å². The van der Waals surface area contributed by atoms with Gasteiger partial charge in [-0.25, -0.2) is 0 Å². The molecule has 1 amide bonds. The van der Waals surface area contributed by atoms with Gasteiger partial charge in [0.25, 0.3) is 0 Å². The van der Waals surface area contributed by atoms with Gasteiger partial charge in [-0.3, -0.25) is 4.79 Å². The number of benzene rings is 1. The predicted molar refractivity (Wildman–Crippen MR) is 86.2 cm³/mol. The van der Waals surface area contributed by atoms with E-state index in [1.807, 2.05) is 58.9 Å². The summed E-state index contributed by atoms with van der Waals surface area (Å²) in [6.45, 7) is 9.96. The minimum atomic E-state index is -0.465. The highest BCUT2D eigenvalue weighted by molar-refractivity contribution is 5.82. The van der Waals surface area contributed by atoms with Crippen LogP contribution in [0.5, 0.6) is 5.75 Å². The highest BCUT2D eigenvalue weighted by Crippen LogP contribution is 2.20. The average Bonchev–Trinajstić information content (AvgIpc) is 2.45. The SMILES string of the molecule is CCC(C)C(N)C(=O)NC(C)c1cccc(OC(C)C)c1. The molecule has 0 spiro atoms. The van der Waals surface area contributed by atoms with Crippen molar-refractivity contribution < 1.29 is 9.53 Å². The molecule has 4 nitrogen and oxygen atoms in total. The maximum Gasteiger partial charge on any atom is 0.237 e. The van der Waals surface area contributed by atoms with Gasteiger partial charge in [0.15, 0.2) is 0 Å². The normalized spacial score (nSPS) is 15.4. The van der Waals surface area contributed by atoms with Crippen molar-refractivity contribution in [3.8, 4) is 5.75 Å². The molecule has 0 bridgehead atoms. The minimum Gasteiger partial charge on any atom is -0.491 e. The summed E-state index contributed by atoms with van der Waals surface area (Å²) in [5.41, 5.74) is 6.97. The molecule has 0 aliphatic rings. The first-order valence-corrected chi connectivity index (χ1v) is 7.67. The van der Waals surface area contributed by atoms with Crippen molar-refractivity contribution >= 4 is 5.91 Å². The molecule has 1 rings (SSSR count). The highest BCUT2D eigenvalue weighted by atomic mass is 16.5. The lowest BCUT2D eigenvalue weighted by Crippen LogP contribution is -2.45. The second kappa shape index (κ2) is 8.03. The molecule has 3 atom stereocenters. The van der Waals surface area contributed by atoms with Crippen LogP contribution in [0.25, 0.3) is 0 Å². The van der Waals surface area contributed by atoms with Crippen molar-refractivity contribution in [2.45, 2.75) is 59.2 Å². The molecule has 118 valence electrons. The van der Waals surface area contributed by atoms with E-state index in [2.05, 4.69) is 5.32 Å². The Morgan fingerprint density at radius 2 is 1.95 bits per heavy atom. The lowest BCUT2D eigenvalue weighted by atomic mass is 9.98. The first-order valence-electron chi connectivity index (χ1n) is 7.67. The van der Waals surface area contributed by atoms with E-state index in [1.54, 1.807) is 0 Å². The van der Waals surface area contributed by atoms with Crippen LogP contribution in [0.15, 0.2) is 24.3 Å². The first-order chi connectivity index (χ1) is 9.85. The number of hydrogen-bond donors (Lipinski definition) is 2. The van der Waals surface area contributed by atoms with Crippen LogP contribution in [0.1, 0.15) is 52.6 Å². The van der Waals surface area contributed by atoms with Crippen LogP contribution >= 0.6 is 0 Å². The molecular formula is C17H28N2O2. The summed E-state index contributed by atoms with van der Waals surface area (Å²) in [6, 6.07) is 7.23. The molecule has 1 aromatic carbocycles. The van der Waals surface area contributed by atoms with Crippen LogP contribution in [0.2, 0.25) is 0 Å². The summed E-state index contributed by atoms with van der Waals surface area (Å²) in [5, 5.41) is 2.97. The number of carbonyl (C=O) groups is 1. The van der Waals surface area contributed by atoms with E-state index in [0.717, 1.165) is 17.7 Å². The van der Waals surface area contributed by atoms with Gasteiger partial charge in [-0.15, -0.1) is 0 Å². The van der Waals surface area contributed by atoms with Gasteiger partial charge in [-0.1, -0.05) is 32.4 Å². The van der Waals surface area contributed by atoms with E-state index in [1.165, 1.54) is 0 Å². The maximum absolute atomic E-state index is 12.1. The van der Waals surface area contributed by atoms with Gasteiger partial charge in [-0.2, -0.15) is 0 Å². The highest BCUT2D eigenvalue weighted by Gasteiger charge is 2.21. The number of rotatable bonds is 7. The van der Waals surface area contributed by atoms with E-state index in [0.29, 0.717) is 0 Å². The number of nitrogens with two attached hydrogens (primary N) is 1. The predicted octanol–water partition coefficient (Wildman–Crippen LogP) is 3.02. The van der Waals surface area contributed by atoms with Crippen molar-refractivity contribution in [3.63, 3.8) is 0 Å². The smallest absolute Gasteiger partial charge is 0.237 e. The summed E-state index contributed by atoms with van der Waals surface area (Å²) in [6.07, 6.45) is 1.02. The number of ether oxygens (including phenoxy) is 1. The molecular weight excluding hydrogens is 264 g/mol. The Hall–Kier alpha value is -1.55. The van der Waals surface area contributed by atoms with Crippen LogP contribution in [0, 0.1) is 5.92 Å². The van der Waals surface area contributed by atoms with Gasteiger partial charge in [-0.05, 0) is 44.4 Å². The lowest BCUT2D eigenvalue weighted by Gasteiger charge is -2.22. The fourth-order valence-electron chi connectivity index (χ4n) is 2.03. The zero-order chi connectivity index (χ0) is 16.0. The van der Waals surface area contributed by atoms with Crippen molar-refractivity contribution in [1.29, 1.82) is 0 Å². The van der Waals surface area contributed by atoms with Gasteiger partial charge < -0.3 is 15.8 Å². The lowest BCUT2D eigenvalue weighted by molar-refractivity contribution is -0.124. The van der Waals surface area contributed by atoms with Crippen molar-refractivity contribution in [2.24, 2.45) is 11.7 Å². The molecule has 3 unspecified atom stereocenters. The van der Waals surface area contributed by atoms with Gasteiger partial charge >= 0.3 is 0 Å². The second-order valence-electron chi connectivity index (χ2n) is 5.88. The second-order valence-corrected chi connectivity index (χ2v) is 5.88. The molecule has 0 saturated carbocycles. The first kappa shape index (κ1) is 17.5. The Morgan fingerprint density at radius 3 is 2.52 bits per heavy atom. The van der Waals surface area contributed by atoms with Gasteiger partial charge in [0.2, 0.25) is 5.91 Å². The molecule has 0 aliphatic heterocycles. The zero-order valence-corrected chi connectivity index (χ0v) is 13.7. The number of carbonyl (C=O) groups excluding carboxylic acids is 1. The van der Waals surface area contributed by atoms with Crippen molar-refractivity contribution in [1.82, 2.24) is 5.32 Å². The van der Waals surface area contributed by atoms with Crippen LogP contribution < -0.4 is 15.8 Å². The molecule has 0 aliphatic carbocycles. The van der Waals surface area contributed by atoms with E-state index < -0.39 is 6.04 Å². The number of amides is 1. The number of hydrogen-bond acceptors (Lipinski definition) is 3. The fourth-order valence-corrected chi connectivity index (χ4v) is 2.03. The Kier molecular flexibility index (Phi) is 6.69. The van der Waals surface area contributed by atoms with E-state index >= 15 is 0 Å². The Bertz CT molecular complexity index is 460. The molecule has 4 heteroatoms. The third-order valence-electron chi connectivity index (χ3n) is 3.65. The third kappa shape index (κ3) is 5.38. The quantitative estimate of drug-likeness (QED) is 0.812. The fraction of sp³-hybridized carbons (Fsp3) is 0.588. The summed E-state index contributed by atoms with van der Waals surface area (Å²) in [4.78, 5) is 12.1. The van der Waals surface area contributed by atoms with Crippen molar-refractivity contribution in [2.75, 3.05) is 0 Å². The Morgan fingerprint density at radius 1 is 1.29 bits per heavy atom. The van der Waals surface area contributed by atoms with E-state index in [-0.39, 0.29) is 24.0 Å². The standard InChI is InChI=1S/C17H28N2O2/c1-6-12(4)16(18)17(20)19-13(5)14-8-7-9-15(10-14)21-11(2)3/h7-13,16H,6,18H2,1-5H3,(H,19,20). The molecule has 1 aromatic rings.